The summed E-state index contributed by atoms with van der Waals surface area (Å²) in [4.78, 5) is 15.6. The van der Waals surface area contributed by atoms with E-state index >= 15 is 0 Å². The van der Waals surface area contributed by atoms with Gasteiger partial charge in [0.2, 0.25) is 0 Å². The van der Waals surface area contributed by atoms with Gasteiger partial charge in [-0.25, -0.2) is 10.3 Å². The number of amides is 2. The lowest BCUT2D eigenvalue weighted by molar-refractivity contribution is 0.106. The number of urea groups is 1. The van der Waals surface area contributed by atoms with Crippen LogP contribution in [0.3, 0.4) is 0 Å². The van der Waals surface area contributed by atoms with Gasteiger partial charge in [-0.1, -0.05) is 28.1 Å². The quantitative estimate of drug-likeness (QED) is 0.831. The van der Waals surface area contributed by atoms with Crippen LogP contribution in [0.25, 0.3) is 0 Å². The van der Waals surface area contributed by atoms with Crippen LogP contribution in [0.5, 0.6) is 0 Å². The Bertz CT molecular complexity index is 344. The van der Waals surface area contributed by atoms with Gasteiger partial charge in [0.1, 0.15) is 0 Å². The molecule has 1 rings (SSSR count). The minimum atomic E-state index is -0.357. The van der Waals surface area contributed by atoms with Crippen molar-refractivity contribution in [2.45, 2.75) is 13.0 Å². The van der Waals surface area contributed by atoms with Crippen molar-refractivity contribution in [1.82, 2.24) is 10.8 Å². The Kier molecular flexibility index (Phi) is 4.58. The lowest BCUT2D eigenvalue weighted by Crippen LogP contribution is -2.36. The molecule has 0 aliphatic rings. The predicted molar refractivity (Wildman–Crippen MR) is 61.2 cm³/mol. The van der Waals surface area contributed by atoms with Crippen LogP contribution in [0.4, 0.5) is 4.79 Å². The molecule has 82 valence electrons. The molecule has 0 aromatic heterocycles. The van der Waals surface area contributed by atoms with Crippen molar-refractivity contribution in [3.8, 4) is 0 Å². The minimum Gasteiger partial charge on any atom is -0.330 e. The molecule has 0 aliphatic carbocycles. The summed E-state index contributed by atoms with van der Waals surface area (Å²) in [5, 5.41) is 2.73. The highest BCUT2D eigenvalue weighted by molar-refractivity contribution is 9.10. The van der Waals surface area contributed by atoms with Gasteiger partial charge in [-0.15, -0.1) is 0 Å². The van der Waals surface area contributed by atoms with Crippen molar-refractivity contribution in [3.63, 3.8) is 0 Å². The van der Waals surface area contributed by atoms with Crippen molar-refractivity contribution < 1.29 is 9.63 Å². The summed E-state index contributed by atoms with van der Waals surface area (Å²) < 4.78 is 0.987. The van der Waals surface area contributed by atoms with Gasteiger partial charge in [0, 0.05) is 4.47 Å². The van der Waals surface area contributed by atoms with Gasteiger partial charge < -0.3 is 5.32 Å². The Balaban J connectivity index is 2.60. The molecular formula is C10H13BrN2O2. The van der Waals surface area contributed by atoms with Crippen LogP contribution in [-0.2, 0) is 4.84 Å². The average molecular weight is 273 g/mol. The van der Waals surface area contributed by atoms with Crippen LogP contribution in [0.1, 0.15) is 18.5 Å². The van der Waals surface area contributed by atoms with E-state index in [1.165, 1.54) is 7.11 Å². The average Bonchev–Trinajstić information content (AvgIpc) is 2.18. The van der Waals surface area contributed by atoms with Gasteiger partial charge in [-0.05, 0) is 24.6 Å². The first-order chi connectivity index (χ1) is 7.13. The number of rotatable bonds is 3. The first-order valence-corrected chi connectivity index (χ1v) is 5.27. The fraction of sp³-hybridized carbons (Fsp3) is 0.300. The van der Waals surface area contributed by atoms with Crippen LogP contribution in [0, 0.1) is 0 Å². The third-order valence-electron chi connectivity index (χ3n) is 1.89. The molecule has 1 unspecified atom stereocenters. The van der Waals surface area contributed by atoms with E-state index in [1.807, 2.05) is 31.2 Å². The zero-order chi connectivity index (χ0) is 11.3. The molecule has 2 amide bonds. The summed E-state index contributed by atoms with van der Waals surface area (Å²) in [7, 11) is 1.39. The molecule has 1 atom stereocenters. The highest BCUT2D eigenvalue weighted by atomic mass is 79.9. The first kappa shape index (κ1) is 12.0. The van der Waals surface area contributed by atoms with Crippen molar-refractivity contribution >= 4 is 22.0 Å². The predicted octanol–water partition coefficient (Wildman–Crippen LogP) is 2.37. The largest absolute Gasteiger partial charge is 0.339 e. The van der Waals surface area contributed by atoms with Crippen molar-refractivity contribution in [1.29, 1.82) is 0 Å². The molecule has 1 aromatic rings. The smallest absolute Gasteiger partial charge is 0.330 e. The topological polar surface area (TPSA) is 50.4 Å². The maximum Gasteiger partial charge on any atom is 0.339 e. The normalized spacial score (nSPS) is 11.9. The second kappa shape index (κ2) is 5.72. The molecule has 0 saturated heterocycles. The number of hydrogen-bond donors (Lipinski definition) is 2. The highest BCUT2D eigenvalue weighted by Crippen LogP contribution is 2.17. The first-order valence-electron chi connectivity index (χ1n) is 4.48. The number of hydrogen-bond acceptors (Lipinski definition) is 2. The number of halogens is 1. The third kappa shape index (κ3) is 3.89. The maximum atomic E-state index is 11.2. The van der Waals surface area contributed by atoms with Gasteiger partial charge in [0.15, 0.2) is 0 Å². The monoisotopic (exact) mass is 272 g/mol. The van der Waals surface area contributed by atoms with Crippen molar-refractivity contribution in [3.05, 3.63) is 34.3 Å². The Morgan fingerprint density at radius 2 is 2.27 bits per heavy atom. The molecular weight excluding hydrogens is 260 g/mol. The summed E-state index contributed by atoms with van der Waals surface area (Å²) in [6, 6.07) is 7.33. The molecule has 4 nitrogen and oxygen atoms in total. The fourth-order valence-corrected chi connectivity index (χ4v) is 1.60. The number of hydroxylamine groups is 1. The van der Waals surface area contributed by atoms with Crippen LogP contribution in [-0.4, -0.2) is 13.1 Å². The van der Waals surface area contributed by atoms with E-state index < -0.39 is 0 Å². The number of benzene rings is 1. The molecule has 0 bridgehead atoms. The van der Waals surface area contributed by atoms with E-state index in [1.54, 1.807) is 0 Å². The molecule has 0 aliphatic heterocycles. The number of carbonyl (C=O) groups excluding carboxylic acids is 1. The fourth-order valence-electron chi connectivity index (χ4n) is 1.18. The van der Waals surface area contributed by atoms with Crippen LogP contribution < -0.4 is 10.8 Å². The van der Waals surface area contributed by atoms with Gasteiger partial charge in [-0.3, -0.25) is 4.84 Å². The van der Waals surface area contributed by atoms with E-state index in [0.29, 0.717) is 0 Å². The van der Waals surface area contributed by atoms with E-state index in [2.05, 4.69) is 31.6 Å². The Morgan fingerprint density at radius 1 is 1.53 bits per heavy atom. The summed E-state index contributed by atoms with van der Waals surface area (Å²) in [6.45, 7) is 1.90. The van der Waals surface area contributed by atoms with Gasteiger partial charge in [-0.2, -0.15) is 0 Å². The lowest BCUT2D eigenvalue weighted by Gasteiger charge is -2.14. The van der Waals surface area contributed by atoms with Gasteiger partial charge in [0.05, 0.1) is 13.2 Å². The Morgan fingerprint density at radius 3 is 2.87 bits per heavy atom. The van der Waals surface area contributed by atoms with Crippen LogP contribution >= 0.6 is 15.9 Å². The molecule has 5 heteroatoms. The van der Waals surface area contributed by atoms with Gasteiger partial charge >= 0.3 is 6.03 Å². The van der Waals surface area contributed by atoms with Gasteiger partial charge in [0.25, 0.3) is 0 Å². The molecule has 2 N–H and O–H groups in total. The molecule has 15 heavy (non-hydrogen) atoms. The van der Waals surface area contributed by atoms with Crippen molar-refractivity contribution in [2.24, 2.45) is 0 Å². The molecule has 0 spiro atoms. The summed E-state index contributed by atoms with van der Waals surface area (Å²) in [6.07, 6.45) is 0. The molecule has 0 saturated carbocycles. The molecule has 0 fully saturated rings. The Hall–Kier alpha value is -1.07. The molecule has 1 aromatic carbocycles. The number of nitrogens with one attached hydrogen (secondary N) is 2. The maximum absolute atomic E-state index is 11.2. The molecule has 0 heterocycles. The summed E-state index contributed by atoms with van der Waals surface area (Å²) in [5.41, 5.74) is 3.22. The second-order valence-electron chi connectivity index (χ2n) is 3.06. The zero-order valence-corrected chi connectivity index (χ0v) is 10.2. The zero-order valence-electron chi connectivity index (χ0n) is 8.58. The van der Waals surface area contributed by atoms with E-state index in [4.69, 9.17) is 0 Å². The summed E-state index contributed by atoms with van der Waals surface area (Å²) >= 11 is 3.37. The van der Waals surface area contributed by atoms with Crippen LogP contribution in [0.2, 0.25) is 0 Å². The van der Waals surface area contributed by atoms with Crippen LogP contribution in [0.15, 0.2) is 28.7 Å². The minimum absolute atomic E-state index is 0.0716. The summed E-state index contributed by atoms with van der Waals surface area (Å²) in [5.74, 6) is 0. The lowest BCUT2D eigenvalue weighted by atomic mass is 10.1. The second-order valence-corrected chi connectivity index (χ2v) is 3.97. The Labute approximate surface area is 97.1 Å². The van der Waals surface area contributed by atoms with E-state index in [0.717, 1.165) is 10.0 Å². The highest BCUT2D eigenvalue weighted by Gasteiger charge is 2.08. The SMILES string of the molecule is CONC(=O)NC(C)c1cccc(Br)c1. The van der Waals surface area contributed by atoms with Crippen molar-refractivity contribution in [2.75, 3.05) is 7.11 Å². The number of carbonyl (C=O) groups is 1. The van der Waals surface area contributed by atoms with E-state index in [-0.39, 0.29) is 12.1 Å². The molecule has 0 radical (unpaired) electrons. The standard InChI is InChI=1S/C10H13BrN2O2/c1-7(12-10(14)13-15-2)8-4-3-5-9(11)6-8/h3-7H,1-2H3,(H2,12,13,14). The third-order valence-corrected chi connectivity index (χ3v) is 2.38. The van der Waals surface area contributed by atoms with E-state index in [9.17, 15) is 4.79 Å².